The Hall–Kier alpha value is -3.71. The van der Waals surface area contributed by atoms with Crippen LogP contribution in [0.3, 0.4) is 0 Å². The molecule has 1 N–H and O–H groups in total. The minimum Gasteiger partial charge on any atom is -0.369 e. The van der Waals surface area contributed by atoms with E-state index in [1.165, 1.54) is 6.07 Å². The lowest BCUT2D eigenvalue weighted by molar-refractivity contribution is -0.131. The van der Waals surface area contributed by atoms with Crippen LogP contribution in [-0.2, 0) is 4.79 Å². The van der Waals surface area contributed by atoms with Gasteiger partial charge in [0, 0.05) is 55.1 Å². The van der Waals surface area contributed by atoms with Crippen molar-refractivity contribution in [3.8, 4) is 11.4 Å². The molecule has 0 radical (unpaired) electrons. The molecular formula is C27H25ClFN5O. The number of carbonyl (C=O) groups is 1. The van der Waals surface area contributed by atoms with E-state index in [2.05, 4.69) is 10.3 Å². The van der Waals surface area contributed by atoms with Crippen LogP contribution >= 0.6 is 11.6 Å². The molecule has 0 atom stereocenters. The van der Waals surface area contributed by atoms with Crippen molar-refractivity contribution in [2.75, 3.05) is 42.9 Å². The number of piperazine rings is 1. The summed E-state index contributed by atoms with van der Waals surface area (Å²) in [5.74, 6) is 1.10. The lowest BCUT2D eigenvalue weighted by atomic mass is 10.2. The third kappa shape index (κ3) is 5.20. The molecule has 1 aliphatic rings. The fraction of sp³-hybridized carbons (Fsp3) is 0.222. The van der Waals surface area contributed by atoms with Crippen LogP contribution in [0, 0.1) is 5.82 Å². The number of fused-ring (bicyclic) bond motifs is 1. The van der Waals surface area contributed by atoms with Crippen molar-refractivity contribution in [3.05, 3.63) is 83.6 Å². The van der Waals surface area contributed by atoms with E-state index in [-0.39, 0.29) is 11.7 Å². The summed E-state index contributed by atoms with van der Waals surface area (Å²) in [6.45, 7) is 2.80. The summed E-state index contributed by atoms with van der Waals surface area (Å²) >= 11 is 6.20. The molecule has 1 aromatic heterocycles. The molecule has 0 unspecified atom stereocenters. The number of carbonyl (C=O) groups excluding carboxylic acids is 1. The van der Waals surface area contributed by atoms with Crippen LogP contribution < -0.4 is 10.2 Å². The van der Waals surface area contributed by atoms with Crippen LogP contribution in [0.1, 0.15) is 6.42 Å². The lowest BCUT2D eigenvalue weighted by Gasteiger charge is -2.36. The first kappa shape index (κ1) is 23.1. The molecule has 1 aliphatic heterocycles. The van der Waals surface area contributed by atoms with Crippen LogP contribution in [0.15, 0.2) is 72.8 Å². The minimum absolute atomic E-state index is 0.0652. The van der Waals surface area contributed by atoms with Gasteiger partial charge >= 0.3 is 0 Å². The van der Waals surface area contributed by atoms with Gasteiger partial charge in [-0.25, -0.2) is 14.4 Å². The summed E-state index contributed by atoms with van der Waals surface area (Å²) in [5.41, 5.74) is 2.23. The molecule has 8 heteroatoms. The zero-order chi connectivity index (χ0) is 24.2. The SMILES string of the molecule is O=C(CCNc1nc(-c2ccccc2)nc2cc(Cl)ccc12)N1CCN(c2ccccc2F)CC1. The monoisotopic (exact) mass is 489 g/mol. The third-order valence-corrected chi connectivity index (χ3v) is 6.38. The molecule has 2 heterocycles. The average Bonchev–Trinajstić information content (AvgIpc) is 2.89. The Labute approximate surface area is 208 Å². The fourth-order valence-electron chi connectivity index (χ4n) is 4.30. The van der Waals surface area contributed by atoms with E-state index in [0.29, 0.717) is 61.5 Å². The Morgan fingerprint density at radius 1 is 0.943 bits per heavy atom. The largest absolute Gasteiger partial charge is 0.369 e. The zero-order valence-corrected chi connectivity index (χ0v) is 19.9. The number of nitrogens with zero attached hydrogens (tertiary/aromatic N) is 4. The van der Waals surface area contributed by atoms with Gasteiger partial charge in [-0.05, 0) is 30.3 Å². The minimum atomic E-state index is -0.232. The second kappa shape index (κ2) is 10.3. The average molecular weight is 490 g/mol. The molecule has 6 nitrogen and oxygen atoms in total. The number of anilines is 2. The van der Waals surface area contributed by atoms with Crippen LogP contribution in [0.5, 0.6) is 0 Å². The van der Waals surface area contributed by atoms with Gasteiger partial charge in [0.15, 0.2) is 5.82 Å². The van der Waals surface area contributed by atoms with E-state index in [1.54, 1.807) is 18.2 Å². The van der Waals surface area contributed by atoms with Crippen LogP contribution in [0.25, 0.3) is 22.3 Å². The lowest BCUT2D eigenvalue weighted by Crippen LogP contribution is -2.49. The predicted octanol–water partition coefficient (Wildman–Crippen LogP) is 5.24. The van der Waals surface area contributed by atoms with Gasteiger partial charge in [0.2, 0.25) is 5.91 Å². The summed E-state index contributed by atoms with van der Waals surface area (Å²) in [4.78, 5) is 26.1. The number of hydrogen-bond donors (Lipinski definition) is 1. The molecule has 0 bridgehead atoms. The van der Waals surface area contributed by atoms with Crippen molar-refractivity contribution in [2.45, 2.75) is 6.42 Å². The van der Waals surface area contributed by atoms with E-state index in [9.17, 15) is 9.18 Å². The fourth-order valence-corrected chi connectivity index (χ4v) is 4.47. The normalized spacial score (nSPS) is 13.8. The van der Waals surface area contributed by atoms with Gasteiger partial charge in [-0.2, -0.15) is 0 Å². The van der Waals surface area contributed by atoms with Gasteiger partial charge in [0.05, 0.1) is 11.2 Å². The maximum Gasteiger partial charge on any atom is 0.224 e. The Balaban J connectivity index is 1.24. The first-order valence-electron chi connectivity index (χ1n) is 11.6. The highest BCUT2D eigenvalue weighted by molar-refractivity contribution is 6.31. The summed E-state index contributed by atoms with van der Waals surface area (Å²) in [6.07, 6.45) is 0.333. The predicted molar refractivity (Wildman–Crippen MR) is 138 cm³/mol. The molecule has 4 aromatic rings. The molecule has 0 aliphatic carbocycles. The molecule has 1 saturated heterocycles. The second-order valence-corrected chi connectivity index (χ2v) is 8.86. The van der Waals surface area contributed by atoms with Crippen molar-refractivity contribution in [1.82, 2.24) is 14.9 Å². The van der Waals surface area contributed by atoms with Crippen molar-refractivity contribution in [3.63, 3.8) is 0 Å². The number of halogens is 2. The standard InChI is InChI=1S/C27H25ClFN5O/c28-20-10-11-21-23(18-20)31-26(19-6-2-1-3-7-19)32-27(21)30-13-12-25(35)34-16-14-33(15-17-34)24-9-5-4-8-22(24)29/h1-11,18H,12-17H2,(H,30,31,32). The number of nitrogens with one attached hydrogen (secondary N) is 1. The van der Waals surface area contributed by atoms with Crippen molar-refractivity contribution in [1.29, 1.82) is 0 Å². The first-order valence-corrected chi connectivity index (χ1v) is 12.0. The third-order valence-electron chi connectivity index (χ3n) is 6.15. The summed E-state index contributed by atoms with van der Waals surface area (Å²) < 4.78 is 14.1. The molecule has 1 amide bonds. The van der Waals surface area contributed by atoms with E-state index in [1.807, 2.05) is 58.3 Å². The van der Waals surface area contributed by atoms with E-state index in [4.69, 9.17) is 16.6 Å². The van der Waals surface area contributed by atoms with Gasteiger partial charge in [-0.15, -0.1) is 0 Å². The zero-order valence-electron chi connectivity index (χ0n) is 19.1. The van der Waals surface area contributed by atoms with Crippen molar-refractivity contribution < 1.29 is 9.18 Å². The molecule has 178 valence electrons. The summed E-state index contributed by atoms with van der Waals surface area (Å²) in [6, 6.07) is 22.0. The van der Waals surface area contributed by atoms with Gasteiger partial charge in [0.25, 0.3) is 0 Å². The maximum atomic E-state index is 14.1. The number of amides is 1. The molecule has 0 spiro atoms. The van der Waals surface area contributed by atoms with Crippen molar-refractivity contribution >= 4 is 39.9 Å². The molecule has 35 heavy (non-hydrogen) atoms. The topological polar surface area (TPSA) is 61.4 Å². The van der Waals surface area contributed by atoms with E-state index in [0.717, 1.165) is 16.5 Å². The van der Waals surface area contributed by atoms with Crippen molar-refractivity contribution in [2.24, 2.45) is 0 Å². The maximum absolute atomic E-state index is 14.1. The van der Waals surface area contributed by atoms with E-state index >= 15 is 0 Å². The highest BCUT2D eigenvalue weighted by Crippen LogP contribution is 2.27. The van der Waals surface area contributed by atoms with Crippen LogP contribution in [0.2, 0.25) is 5.02 Å². The number of hydrogen-bond acceptors (Lipinski definition) is 5. The van der Waals surface area contributed by atoms with Crippen LogP contribution in [-0.4, -0.2) is 53.5 Å². The molecule has 1 fully saturated rings. The highest BCUT2D eigenvalue weighted by atomic mass is 35.5. The smallest absolute Gasteiger partial charge is 0.224 e. The Kier molecular flexibility index (Phi) is 6.77. The van der Waals surface area contributed by atoms with Gasteiger partial charge in [0.1, 0.15) is 11.6 Å². The number of rotatable bonds is 6. The quantitative estimate of drug-likeness (QED) is 0.401. The second-order valence-electron chi connectivity index (χ2n) is 8.42. The molecule has 5 rings (SSSR count). The Morgan fingerprint density at radius 2 is 1.69 bits per heavy atom. The van der Waals surface area contributed by atoms with Crippen LogP contribution in [0.4, 0.5) is 15.9 Å². The van der Waals surface area contributed by atoms with Gasteiger partial charge in [-0.1, -0.05) is 54.1 Å². The van der Waals surface area contributed by atoms with E-state index < -0.39 is 0 Å². The number of para-hydroxylation sites is 1. The van der Waals surface area contributed by atoms with Gasteiger partial charge < -0.3 is 15.1 Å². The Bertz CT molecular complexity index is 1340. The number of aromatic nitrogens is 2. The first-order chi connectivity index (χ1) is 17.1. The highest BCUT2D eigenvalue weighted by Gasteiger charge is 2.22. The molecule has 0 saturated carbocycles. The Morgan fingerprint density at radius 3 is 2.46 bits per heavy atom. The summed E-state index contributed by atoms with van der Waals surface area (Å²) in [7, 11) is 0. The number of benzene rings is 3. The van der Waals surface area contributed by atoms with Gasteiger partial charge in [-0.3, -0.25) is 4.79 Å². The molecular weight excluding hydrogens is 465 g/mol. The molecule has 3 aromatic carbocycles. The summed E-state index contributed by atoms with van der Waals surface area (Å²) in [5, 5.41) is 4.78.